The van der Waals surface area contributed by atoms with Gasteiger partial charge in [0.25, 0.3) is 0 Å². The van der Waals surface area contributed by atoms with Crippen molar-refractivity contribution in [3.63, 3.8) is 0 Å². The fourth-order valence-electron chi connectivity index (χ4n) is 1.43. The van der Waals surface area contributed by atoms with Crippen LogP contribution in [0.15, 0.2) is 42.7 Å². The van der Waals surface area contributed by atoms with Gasteiger partial charge in [0.1, 0.15) is 12.1 Å². The van der Waals surface area contributed by atoms with Crippen molar-refractivity contribution < 1.29 is 14.4 Å². The predicted molar refractivity (Wildman–Crippen MR) is 71.3 cm³/mol. The van der Waals surface area contributed by atoms with Gasteiger partial charge in [-0.05, 0) is 11.6 Å². The minimum absolute atomic E-state index is 0.200. The van der Waals surface area contributed by atoms with Crippen LogP contribution in [0.2, 0.25) is 0 Å². The van der Waals surface area contributed by atoms with Crippen LogP contribution in [0.25, 0.3) is 6.08 Å². The van der Waals surface area contributed by atoms with Crippen molar-refractivity contribution in [3.8, 4) is 0 Å². The molecule has 0 radical (unpaired) electrons. The zero-order chi connectivity index (χ0) is 13.7. The fourth-order valence-corrected chi connectivity index (χ4v) is 2.03. The van der Waals surface area contributed by atoms with Crippen LogP contribution in [0.4, 0.5) is 5.95 Å². The van der Waals surface area contributed by atoms with E-state index in [1.165, 1.54) is 12.4 Å². The van der Waals surface area contributed by atoms with Crippen LogP contribution in [0.3, 0.4) is 0 Å². The molecular weight excluding hydrogens is 267 g/mol. The normalized spacial score (nSPS) is 13.6. The highest BCUT2D eigenvalue weighted by Crippen LogP contribution is 2.41. The molecule has 0 aliphatic heterocycles. The molecule has 1 unspecified atom stereocenters. The van der Waals surface area contributed by atoms with Crippen LogP contribution in [0, 0.1) is 0 Å². The lowest BCUT2D eigenvalue weighted by Crippen LogP contribution is -2.17. The molecule has 0 saturated carbocycles. The number of rotatable bonds is 5. The number of hydrogen-bond donors (Lipinski definition) is 4. The number of H-pyrrole nitrogens is 1. The van der Waals surface area contributed by atoms with Crippen LogP contribution in [0.5, 0.6) is 0 Å². The zero-order valence-corrected chi connectivity index (χ0v) is 10.7. The molecule has 1 aromatic heterocycles. The molecule has 8 heteroatoms. The van der Waals surface area contributed by atoms with E-state index < -0.39 is 13.4 Å². The largest absolute Gasteiger partial charge is 0.351 e. The highest BCUT2D eigenvalue weighted by atomic mass is 31.2. The molecule has 0 saturated heterocycles. The molecule has 0 aliphatic rings. The standard InChI is InChI=1S/C11H13N4O3P/c16-19(17,18)10(14-11-12-8-13-15-11)7-6-9-4-2-1-3-5-9/h1-8,10H,(H2,16,17,18)(H2,12,13,14,15)/b7-6+. The number of benzene rings is 1. The van der Waals surface area contributed by atoms with Gasteiger partial charge in [0.15, 0.2) is 0 Å². The quantitative estimate of drug-likeness (QED) is 0.617. The molecule has 0 spiro atoms. The Morgan fingerprint density at radius 1 is 1.32 bits per heavy atom. The van der Waals surface area contributed by atoms with Gasteiger partial charge in [-0.25, -0.2) is 10.1 Å². The Balaban J connectivity index is 2.15. The van der Waals surface area contributed by atoms with Crippen molar-refractivity contribution in [1.82, 2.24) is 15.2 Å². The van der Waals surface area contributed by atoms with Gasteiger partial charge in [0, 0.05) is 0 Å². The van der Waals surface area contributed by atoms with Gasteiger partial charge < -0.3 is 15.1 Å². The van der Waals surface area contributed by atoms with Gasteiger partial charge in [-0.2, -0.15) is 5.10 Å². The number of hydrogen-bond acceptors (Lipinski definition) is 4. The first-order valence-corrected chi connectivity index (χ1v) is 7.14. The first kappa shape index (κ1) is 13.5. The predicted octanol–water partition coefficient (Wildman–Crippen LogP) is 1.43. The summed E-state index contributed by atoms with van der Waals surface area (Å²) < 4.78 is 11.4. The van der Waals surface area contributed by atoms with Crippen LogP contribution >= 0.6 is 7.60 Å². The lowest BCUT2D eigenvalue weighted by molar-refractivity contribution is 0.368. The first-order valence-electron chi connectivity index (χ1n) is 5.46. The lowest BCUT2D eigenvalue weighted by Gasteiger charge is -2.15. The Morgan fingerprint density at radius 2 is 2.05 bits per heavy atom. The zero-order valence-electron chi connectivity index (χ0n) is 9.84. The van der Waals surface area contributed by atoms with Crippen LogP contribution in [0.1, 0.15) is 5.56 Å². The third-order valence-electron chi connectivity index (χ3n) is 2.33. The average molecular weight is 280 g/mol. The first-order chi connectivity index (χ1) is 9.05. The monoisotopic (exact) mass is 280 g/mol. The Bertz CT molecular complexity index is 579. The van der Waals surface area contributed by atoms with Gasteiger partial charge in [-0.3, -0.25) is 4.57 Å². The smallest absolute Gasteiger partial charge is 0.337 e. The molecular formula is C11H13N4O3P. The second-order valence-corrected chi connectivity index (χ2v) is 5.52. The third kappa shape index (κ3) is 4.03. The molecule has 0 aliphatic carbocycles. The lowest BCUT2D eigenvalue weighted by atomic mass is 10.2. The van der Waals surface area contributed by atoms with Gasteiger partial charge in [-0.15, -0.1) is 0 Å². The van der Waals surface area contributed by atoms with Crippen LogP contribution < -0.4 is 5.32 Å². The Hall–Kier alpha value is -1.95. The maximum absolute atomic E-state index is 11.4. The number of aromatic nitrogens is 3. The second kappa shape index (κ2) is 5.79. The summed E-state index contributed by atoms with van der Waals surface area (Å²) in [4.78, 5) is 22.3. The van der Waals surface area contributed by atoms with E-state index in [0.717, 1.165) is 5.56 Å². The maximum atomic E-state index is 11.4. The van der Waals surface area contributed by atoms with E-state index in [-0.39, 0.29) is 5.95 Å². The van der Waals surface area contributed by atoms with Crippen molar-refractivity contribution in [2.75, 3.05) is 5.32 Å². The van der Waals surface area contributed by atoms with Crippen molar-refractivity contribution in [1.29, 1.82) is 0 Å². The molecule has 100 valence electrons. The summed E-state index contributed by atoms with van der Waals surface area (Å²) in [5.74, 6) is -0.966. The molecule has 1 atom stereocenters. The molecule has 19 heavy (non-hydrogen) atoms. The van der Waals surface area contributed by atoms with Gasteiger partial charge >= 0.3 is 7.60 Å². The number of anilines is 1. The number of nitrogens with zero attached hydrogens (tertiary/aromatic N) is 2. The summed E-state index contributed by atoms with van der Waals surface area (Å²) in [6, 6.07) is 9.22. The van der Waals surface area contributed by atoms with Crippen molar-refractivity contribution in [3.05, 3.63) is 48.3 Å². The van der Waals surface area contributed by atoms with E-state index in [2.05, 4.69) is 20.5 Å². The van der Waals surface area contributed by atoms with E-state index in [1.807, 2.05) is 30.3 Å². The summed E-state index contributed by atoms with van der Waals surface area (Å²) in [5, 5.41) is 8.68. The summed E-state index contributed by atoms with van der Waals surface area (Å²) in [7, 11) is -4.34. The van der Waals surface area contributed by atoms with E-state index in [0.29, 0.717) is 0 Å². The van der Waals surface area contributed by atoms with Crippen molar-refractivity contribution in [2.45, 2.75) is 5.78 Å². The topological polar surface area (TPSA) is 111 Å². The molecule has 2 aromatic rings. The van der Waals surface area contributed by atoms with Gasteiger partial charge in [-0.1, -0.05) is 36.4 Å². The third-order valence-corrected chi connectivity index (χ3v) is 3.36. The number of aromatic amines is 1. The van der Waals surface area contributed by atoms with Gasteiger partial charge in [0.2, 0.25) is 5.95 Å². The molecule has 1 aromatic carbocycles. The summed E-state index contributed by atoms with van der Waals surface area (Å²) in [6.45, 7) is 0. The highest BCUT2D eigenvalue weighted by Gasteiger charge is 2.26. The molecule has 0 amide bonds. The minimum Gasteiger partial charge on any atom is -0.337 e. The fraction of sp³-hybridized carbons (Fsp3) is 0.0909. The van der Waals surface area contributed by atoms with Gasteiger partial charge in [0.05, 0.1) is 0 Å². The minimum atomic E-state index is -4.34. The van der Waals surface area contributed by atoms with E-state index in [1.54, 1.807) is 6.08 Å². The SMILES string of the molecule is O=P(O)(O)C(/C=C/c1ccccc1)Nc1ncn[nH]1. The molecule has 0 fully saturated rings. The summed E-state index contributed by atoms with van der Waals surface area (Å²) >= 11 is 0. The van der Waals surface area contributed by atoms with E-state index in [9.17, 15) is 14.4 Å². The maximum Gasteiger partial charge on any atom is 0.351 e. The Kier molecular flexibility index (Phi) is 4.11. The van der Waals surface area contributed by atoms with Crippen molar-refractivity contribution in [2.24, 2.45) is 0 Å². The molecule has 7 nitrogen and oxygen atoms in total. The Labute approximate surface area is 109 Å². The molecule has 4 N–H and O–H groups in total. The molecule has 1 heterocycles. The van der Waals surface area contributed by atoms with Crippen molar-refractivity contribution >= 4 is 19.6 Å². The number of nitrogens with one attached hydrogen (secondary N) is 2. The second-order valence-electron chi connectivity index (χ2n) is 3.78. The van der Waals surface area contributed by atoms with E-state index in [4.69, 9.17) is 0 Å². The van der Waals surface area contributed by atoms with Crippen LogP contribution in [-0.4, -0.2) is 30.8 Å². The average Bonchev–Trinajstić information content (AvgIpc) is 2.87. The summed E-state index contributed by atoms with van der Waals surface area (Å²) in [6.07, 6.45) is 4.28. The Morgan fingerprint density at radius 3 is 2.63 bits per heavy atom. The summed E-state index contributed by atoms with van der Waals surface area (Å²) in [5.41, 5.74) is 0.848. The highest BCUT2D eigenvalue weighted by molar-refractivity contribution is 7.53. The van der Waals surface area contributed by atoms with E-state index >= 15 is 0 Å². The van der Waals surface area contributed by atoms with Crippen LogP contribution in [-0.2, 0) is 4.57 Å². The molecule has 2 rings (SSSR count). The molecule has 0 bridgehead atoms.